The van der Waals surface area contributed by atoms with Crippen molar-refractivity contribution in [3.05, 3.63) is 40.9 Å². The Morgan fingerprint density at radius 3 is 2.58 bits per heavy atom. The fraction of sp³-hybridized carbons (Fsp3) is 0.591. The number of halogens is 1. The lowest BCUT2D eigenvalue weighted by Gasteiger charge is -2.38. The summed E-state index contributed by atoms with van der Waals surface area (Å²) in [6.07, 6.45) is 6.19. The van der Waals surface area contributed by atoms with E-state index >= 15 is 0 Å². The number of nitrogens with two attached hydrogens (primary N) is 1. The van der Waals surface area contributed by atoms with Crippen molar-refractivity contribution in [3.8, 4) is 0 Å². The molecule has 9 heteroatoms. The number of rotatable bonds is 7. The van der Waals surface area contributed by atoms with Gasteiger partial charge in [-0.25, -0.2) is 13.4 Å². The standard InChI is InChI=1S/C22H32N4O2S2.ClH/c1-2-12-25(18-8-9-20-21(15-18)29-22(23)24-20)16-17-10-13-26(14-11-17)30(27,28)19-6-4-3-5-7-19;/h3-7,17-18H,2,8-16H2,1H3,(H2,23,24);1H/t18-;/m0./s1. The number of fused-ring (bicyclic) bond motifs is 1. The Morgan fingerprint density at radius 1 is 1.19 bits per heavy atom. The maximum absolute atomic E-state index is 12.9. The minimum absolute atomic E-state index is 0. The van der Waals surface area contributed by atoms with E-state index in [0.29, 0.717) is 35.1 Å². The molecule has 0 unspecified atom stereocenters. The second-order valence-electron chi connectivity index (χ2n) is 8.47. The highest BCUT2D eigenvalue weighted by molar-refractivity contribution is 7.89. The van der Waals surface area contributed by atoms with Gasteiger partial charge in [0.25, 0.3) is 0 Å². The van der Waals surface area contributed by atoms with Gasteiger partial charge in [0.2, 0.25) is 10.0 Å². The number of benzene rings is 1. The highest BCUT2D eigenvalue weighted by Crippen LogP contribution is 2.32. The SMILES string of the molecule is CCCN(CC1CCN(S(=O)(=O)c2ccccc2)CC1)[C@H]1CCc2nc(N)sc2C1.Cl. The fourth-order valence-corrected chi connectivity index (χ4v) is 7.25. The number of aryl methyl sites for hydroxylation is 1. The van der Waals surface area contributed by atoms with Crippen LogP contribution < -0.4 is 5.73 Å². The predicted octanol–water partition coefficient (Wildman–Crippen LogP) is 3.82. The second kappa shape index (κ2) is 10.6. The highest BCUT2D eigenvalue weighted by Gasteiger charge is 2.32. The average molecular weight is 485 g/mol. The molecule has 1 aromatic heterocycles. The third kappa shape index (κ3) is 5.60. The summed E-state index contributed by atoms with van der Waals surface area (Å²) in [6, 6.07) is 9.34. The monoisotopic (exact) mass is 484 g/mol. The number of thiazole rings is 1. The molecule has 6 nitrogen and oxygen atoms in total. The van der Waals surface area contributed by atoms with Crippen LogP contribution in [0.5, 0.6) is 0 Å². The van der Waals surface area contributed by atoms with E-state index < -0.39 is 10.0 Å². The van der Waals surface area contributed by atoms with Gasteiger partial charge in [0.05, 0.1) is 10.6 Å². The minimum Gasteiger partial charge on any atom is -0.375 e. The van der Waals surface area contributed by atoms with Crippen LogP contribution in [0.15, 0.2) is 35.2 Å². The molecular formula is C22H33ClN4O2S2. The molecule has 0 amide bonds. The van der Waals surface area contributed by atoms with Crippen molar-refractivity contribution in [1.82, 2.24) is 14.2 Å². The number of anilines is 1. The molecule has 2 N–H and O–H groups in total. The third-order valence-corrected chi connectivity index (χ3v) is 9.27. The molecule has 1 aromatic carbocycles. The number of hydrogen-bond donors (Lipinski definition) is 1. The molecule has 0 saturated carbocycles. The molecule has 4 rings (SSSR count). The van der Waals surface area contributed by atoms with Gasteiger partial charge in [0.1, 0.15) is 0 Å². The Labute approximate surface area is 196 Å². The maximum atomic E-state index is 12.9. The van der Waals surface area contributed by atoms with Crippen molar-refractivity contribution < 1.29 is 8.42 Å². The predicted molar refractivity (Wildman–Crippen MR) is 129 cm³/mol. The van der Waals surface area contributed by atoms with Crippen LogP contribution in [0.3, 0.4) is 0 Å². The van der Waals surface area contributed by atoms with Crippen molar-refractivity contribution in [2.75, 3.05) is 31.9 Å². The van der Waals surface area contributed by atoms with Crippen molar-refractivity contribution in [2.45, 2.75) is 56.4 Å². The summed E-state index contributed by atoms with van der Waals surface area (Å²) in [6.45, 7) is 5.61. The van der Waals surface area contributed by atoms with E-state index in [1.807, 2.05) is 6.07 Å². The summed E-state index contributed by atoms with van der Waals surface area (Å²) < 4.78 is 27.4. The summed E-state index contributed by atoms with van der Waals surface area (Å²) in [7, 11) is -3.37. The number of hydrogen-bond acceptors (Lipinski definition) is 6. The zero-order valence-corrected chi connectivity index (χ0v) is 20.5. The summed E-state index contributed by atoms with van der Waals surface area (Å²) >= 11 is 1.64. The van der Waals surface area contributed by atoms with Crippen molar-refractivity contribution in [1.29, 1.82) is 0 Å². The highest BCUT2D eigenvalue weighted by atomic mass is 35.5. The van der Waals surface area contributed by atoms with E-state index in [2.05, 4.69) is 16.8 Å². The Balaban J connectivity index is 0.00000272. The largest absolute Gasteiger partial charge is 0.375 e. The molecule has 172 valence electrons. The number of aromatic nitrogens is 1. The van der Waals surface area contributed by atoms with E-state index in [1.54, 1.807) is 39.9 Å². The third-order valence-electron chi connectivity index (χ3n) is 6.40. The van der Waals surface area contributed by atoms with Crippen LogP contribution in [0.4, 0.5) is 5.13 Å². The molecule has 1 aliphatic carbocycles. The lowest BCUT2D eigenvalue weighted by atomic mass is 9.92. The van der Waals surface area contributed by atoms with E-state index in [-0.39, 0.29) is 12.4 Å². The lowest BCUT2D eigenvalue weighted by molar-refractivity contribution is 0.129. The molecule has 2 heterocycles. The van der Waals surface area contributed by atoms with Gasteiger partial charge in [0, 0.05) is 30.6 Å². The molecule has 1 fully saturated rings. The van der Waals surface area contributed by atoms with Gasteiger partial charge < -0.3 is 5.73 Å². The first kappa shape index (κ1) is 24.5. The molecule has 31 heavy (non-hydrogen) atoms. The van der Waals surface area contributed by atoms with Gasteiger partial charge in [-0.05, 0) is 63.1 Å². The number of piperidine rings is 1. The second-order valence-corrected chi connectivity index (χ2v) is 11.5. The van der Waals surface area contributed by atoms with Crippen LogP contribution in [0.25, 0.3) is 0 Å². The Hall–Kier alpha value is -1.19. The van der Waals surface area contributed by atoms with Gasteiger partial charge in [-0.2, -0.15) is 4.31 Å². The van der Waals surface area contributed by atoms with Crippen LogP contribution in [0.2, 0.25) is 0 Å². The molecule has 2 aliphatic rings. The zero-order chi connectivity index (χ0) is 21.1. The van der Waals surface area contributed by atoms with Crippen LogP contribution in [0, 0.1) is 5.92 Å². The van der Waals surface area contributed by atoms with Gasteiger partial charge in [-0.1, -0.05) is 25.1 Å². The Morgan fingerprint density at radius 2 is 1.90 bits per heavy atom. The molecule has 0 bridgehead atoms. The molecule has 0 spiro atoms. The topological polar surface area (TPSA) is 79.5 Å². The van der Waals surface area contributed by atoms with Gasteiger partial charge in [-0.15, -0.1) is 23.7 Å². The van der Waals surface area contributed by atoms with Gasteiger partial charge in [0.15, 0.2) is 5.13 Å². The first-order valence-electron chi connectivity index (χ1n) is 11.0. The van der Waals surface area contributed by atoms with Crippen molar-refractivity contribution >= 4 is 38.9 Å². The molecule has 2 aromatic rings. The number of nitrogens with zero attached hydrogens (tertiary/aromatic N) is 3. The van der Waals surface area contributed by atoms with Crippen LogP contribution >= 0.6 is 23.7 Å². The summed E-state index contributed by atoms with van der Waals surface area (Å²) in [4.78, 5) is 8.88. The van der Waals surface area contributed by atoms with Crippen molar-refractivity contribution in [2.24, 2.45) is 5.92 Å². The van der Waals surface area contributed by atoms with Gasteiger partial charge in [-0.3, -0.25) is 4.90 Å². The van der Waals surface area contributed by atoms with E-state index in [0.717, 1.165) is 51.6 Å². The van der Waals surface area contributed by atoms with Crippen LogP contribution in [-0.4, -0.2) is 54.8 Å². The molecular weight excluding hydrogens is 452 g/mol. The molecule has 0 radical (unpaired) electrons. The first-order chi connectivity index (χ1) is 14.5. The minimum atomic E-state index is -3.37. The quantitative estimate of drug-likeness (QED) is 0.646. The van der Waals surface area contributed by atoms with E-state index in [1.165, 1.54) is 10.6 Å². The molecule has 1 atom stereocenters. The smallest absolute Gasteiger partial charge is 0.243 e. The van der Waals surface area contributed by atoms with Gasteiger partial charge >= 0.3 is 0 Å². The summed E-state index contributed by atoms with van der Waals surface area (Å²) in [5.41, 5.74) is 7.12. The molecule has 1 saturated heterocycles. The Bertz CT molecular complexity index is 944. The van der Waals surface area contributed by atoms with Crippen LogP contribution in [0.1, 0.15) is 43.2 Å². The summed E-state index contributed by atoms with van der Waals surface area (Å²) in [5, 5.41) is 0.690. The number of nitrogen functional groups attached to an aromatic ring is 1. The average Bonchev–Trinajstić information content (AvgIpc) is 3.13. The fourth-order valence-electron chi connectivity index (χ4n) is 4.80. The first-order valence-corrected chi connectivity index (χ1v) is 13.3. The molecule has 1 aliphatic heterocycles. The number of sulfonamides is 1. The maximum Gasteiger partial charge on any atom is 0.243 e. The Kier molecular flexibility index (Phi) is 8.37. The van der Waals surface area contributed by atoms with Crippen molar-refractivity contribution in [3.63, 3.8) is 0 Å². The normalized spacial score (nSPS) is 20.4. The lowest BCUT2D eigenvalue weighted by Crippen LogP contribution is -2.45. The zero-order valence-electron chi connectivity index (χ0n) is 18.1. The summed E-state index contributed by atoms with van der Waals surface area (Å²) in [5.74, 6) is 0.548. The van der Waals surface area contributed by atoms with E-state index in [9.17, 15) is 8.42 Å². The van der Waals surface area contributed by atoms with Crippen LogP contribution in [-0.2, 0) is 22.9 Å². The van der Waals surface area contributed by atoms with E-state index in [4.69, 9.17) is 5.73 Å².